The van der Waals surface area contributed by atoms with Crippen molar-refractivity contribution in [2.24, 2.45) is 5.92 Å². The molecule has 0 radical (unpaired) electrons. The number of ether oxygens (including phenoxy) is 1. The largest absolute Gasteiger partial charge is 0.494 e. The highest BCUT2D eigenvalue weighted by Crippen LogP contribution is 2.38. The molecule has 0 amide bonds. The number of hydrogen-bond acceptors (Lipinski definition) is 1. The van der Waals surface area contributed by atoms with Crippen LogP contribution in [-0.4, -0.2) is 13.0 Å². The SMILES string of the molecule is CCCCCOc1ccc(-c2ccc([C@H]3CC[C@H](C(F)F)CC3)cc2)cc1. The molecule has 0 aliphatic heterocycles. The fourth-order valence-electron chi connectivity index (χ4n) is 3.94. The van der Waals surface area contributed by atoms with Crippen LogP contribution < -0.4 is 4.74 Å². The van der Waals surface area contributed by atoms with E-state index in [1.54, 1.807) is 0 Å². The maximum atomic E-state index is 12.8. The molecule has 2 aromatic carbocycles. The molecule has 3 heteroatoms. The molecule has 0 saturated heterocycles. The van der Waals surface area contributed by atoms with Crippen LogP contribution >= 0.6 is 0 Å². The van der Waals surface area contributed by atoms with E-state index >= 15 is 0 Å². The quantitative estimate of drug-likeness (QED) is 0.437. The summed E-state index contributed by atoms with van der Waals surface area (Å²) in [5.74, 6) is 0.943. The van der Waals surface area contributed by atoms with E-state index in [0.29, 0.717) is 18.8 Å². The van der Waals surface area contributed by atoms with Gasteiger partial charge in [-0.15, -0.1) is 0 Å². The maximum Gasteiger partial charge on any atom is 0.241 e. The second kappa shape index (κ2) is 9.87. The summed E-state index contributed by atoms with van der Waals surface area (Å²) in [5.41, 5.74) is 3.63. The van der Waals surface area contributed by atoms with Crippen molar-refractivity contribution < 1.29 is 13.5 Å². The highest BCUT2D eigenvalue weighted by molar-refractivity contribution is 5.64. The zero-order chi connectivity index (χ0) is 19.1. The molecule has 27 heavy (non-hydrogen) atoms. The van der Waals surface area contributed by atoms with Crippen LogP contribution in [0.25, 0.3) is 11.1 Å². The third kappa shape index (κ3) is 5.54. The van der Waals surface area contributed by atoms with E-state index in [1.165, 1.54) is 29.5 Å². The Labute approximate surface area is 161 Å². The topological polar surface area (TPSA) is 9.23 Å². The Morgan fingerprint density at radius 1 is 0.852 bits per heavy atom. The van der Waals surface area contributed by atoms with Gasteiger partial charge in [0.05, 0.1) is 6.61 Å². The van der Waals surface area contributed by atoms with Crippen molar-refractivity contribution in [3.8, 4) is 16.9 Å². The van der Waals surface area contributed by atoms with Crippen molar-refractivity contribution >= 4 is 0 Å². The molecule has 1 aliphatic carbocycles. The van der Waals surface area contributed by atoms with Gasteiger partial charge in [-0.2, -0.15) is 0 Å². The Bertz CT molecular complexity index is 671. The molecule has 0 unspecified atom stereocenters. The molecule has 0 N–H and O–H groups in total. The van der Waals surface area contributed by atoms with Crippen molar-refractivity contribution in [2.75, 3.05) is 6.61 Å². The van der Waals surface area contributed by atoms with E-state index in [-0.39, 0.29) is 0 Å². The Balaban J connectivity index is 1.56. The summed E-state index contributed by atoms with van der Waals surface area (Å²) in [6, 6.07) is 16.9. The maximum absolute atomic E-state index is 12.8. The lowest BCUT2D eigenvalue weighted by Crippen LogP contribution is -2.19. The van der Waals surface area contributed by atoms with Gasteiger partial charge < -0.3 is 4.74 Å². The summed E-state index contributed by atoms with van der Waals surface area (Å²) in [6.45, 7) is 2.96. The molecule has 0 bridgehead atoms. The summed E-state index contributed by atoms with van der Waals surface area (Å²) >= 11 is 0. The van der Waals surface area contributed by atoms with Gasteiger partial charge in [-0.3, -0.25) is 0 Å². The molecule has 1 nitrogen and oxygen atoms in total. The fraction of sp³-hybridized carbons (Fsp3) is 0.500. The summed E-state index contributed by atoms with van der Waals surface area (Å²) in [6.07, 6.45) is 4.37. The molecular formula is C24H30F2O. The second-order valence-corrected chi connectivity index (χ2v) is 7.65. The van der Waals surface area contributed by atoms with Gasteiger partial charge in [-0.1, -0.05) is 56.2 Å². The lowest BCUT2D eigenvalue weighted by atomic mass is 9.78. The van der Waals surface area contributed by atoms with Gasteiger partial charge in [-0.05, 0) is 66.8 Å². The highest BCUT2D eigenvalue weighted by atomic mass is 19.3. The van der Waals surface area contributed by atoms with Crippen LogP contribution in [0.2, 0.25) is 0 Å². The van der Waals surface area contributed by atoms with Crippen LogP contribution in [-0.2, 0) is 0 Å². The molecule has 1 saturated carbocycles. The van der Waals surface area contributed by atoms with Crippen molar-refractivity contribution in [3.63, 3.8) is 0 Å². The Morgan fingerprint density at radius 2 is 1.44 bits per heavy atom. The number of hydrogen-bond donors (Lipinski definition) is 0. The monoisotopic (exact) mass is 372 g/mol. The lowest BCUT2D eigenvalue weighted by molar-refractivity contribution is 0.0528. The average molecular weight is 372 g/mol. The van der Waals surface area contributed by atoms with Gasteiger partial charge in [0.15, 0.2) is 0 Å². The first-order valence-corrected chi connectivity index (χ1v) is 10.3. The lowest BCUT2D eigenvalue weighted by Gasteiger charge is -2.28. The Hall–Kier alpha value is -1.90. The Kier molecular flexibility index (Phi) is 7.25. The summed E-state index contributed by atoms with van der Waals surface area (Å²) in [5, 5.41) is 0. The van der Waals surface area contributed by atoms with Crippen molar-refractivity contribution in [2.45, 2.75) is 64.2 Å². The minimum absolute atomic E-state index is 0.400. The first-order valence-electron chi connectivity index (χ1n) is 10.3. The van der Waals surface area contributed by atoms with Crippen molar-refractivity contribution in [1.82, 2.24) is 0 Å². The molecule has 0 spiro atoms. The van der Waals surface area contributed by atoms with E-state index in [2.05, 4.69) is 43.3 Å². The molecule has 1 aliphatic rings. The zero-order valence-electron chi connectivity index (χ0n) is 16.2. The molecule has 0 atom stereocenters. The number of alkyl halides is 2. The third-order valence-electron chi connectivity index (χ3n) is 5.71. The minimum atomic E-state index is -2.16. The number of halogens is 2. The molecule has 3 rings (SSSR count). The third-order valence-corrected chi connectivity index (χ3v) is 5.71. The number of rotatable bonds is 8. The number of benzene rings is 2. The highest BCUT2D eigenvalue weighted by Gasteiger charge is 2.27. The van der Waals surface area contributed by atoms with E-state index in [9.17, 15) is 8.78 Å². The molecule has 0 heterocycles. The van der Waals surface area contributed by atoms with Gasteiger partial charge in [0.1, 0.15) is 5.75 Å². The van der Waals surface area contributed by atoms with E-state index in [0.717, 1.165) is 31.6 Å². The predicted molar refractivity (Wildman–Crippen MR) is 108 cm³/mol. The van der Waals surface area contributed by atoms with E-state index < -0.39 is 12.3 Å². The van der Waals surface area contributed by atoms with Crippen LogP contribution in [0.15, 0.2) is 48.5 Å². The van der Waals surface area contributed by atoms with Gasteiger partial charge in [0.2, 0.25) is 6.43 Å². The van der Waals surface area contributed by atoms with E-state index in [4.69, 9.17) is 4.74 Å². The Morgan fingerprint density at radius 3 is 2.00 bits per heavy atom. The van der Waals surface area contributed by atoms with Crippen molar-refractivity contribution in [3.05, 3.63) is 54.1 Å². The smallest absolute Gasteiger partial charge is 0.241 e. The van der Waals surface area contributed by atoms with Crippen LogP contribution in [0, 0.1) is 5.92 Å². The summed E-state index contributed by atoms with van der Waals surface area (Å²) in [7, 11) is 0. The molecule has 146 valence electrons. The van der Waals surface area contributed by atoms with Crippen LogP contribution in [0.3, 0.4) is 0 Å². The van der Waals surface area contributed by atoms with Crippen LogP contribution in [0.5, 0.6) is 5.75 Å². The average Bonchev–Trinajstić information content (AvgIpc) is 2.72. The molecular weight excluding hydrogens is 342 g/mol. The van der Waals surface area contributed by atoms with Gasteiger partial charge >= 0.3 is 0 Å². The van der Waals surface area contributed by atoms with Crippen LogP contribution in [0.1, 0.15) is 63.4 Å². The summed E-state index contributed by atoms with van der Waals surface area (Å²) < 4.78 is 31.4. The van der Waals surface area contributed by atoms with Gasteiger partial charge in [0.25, 0.3) is 0 Å². The number of unbranched alkanes of at least 4 members (excludes halogenated alkanes) is 2. The zero-order valence-corrected chi connectivity index (χ0v) is 16.2. The standard InChI is InChI=1S/C24H30F2O/c1-2-3-4-17-27-23-15-13-21(14-16-23)19-7-5-18(6-8-19)20-9-11-22(12-10-20)24(25)26/h5-8,13-16,20,22,24H,2-4,9-12,17H2,1H3/t20-,22-. The minimum Gasteiger partial charge on any atom is -0.494 e. The van der Waals surface area contributed by atoms with Gasteiger partial charge in [0, 0.05) is 5.92 Å². The predicted octanol–water partition coefficient (Wildman–Crippen LogP) is 7.46. The molecule has 0 aromatic heterocycles. The van der Waals surface area contributed by atoms with E-state index in [1.807, 2.05) is 12.1 Å². The van der Waals surface area contributed by atoms with Crippen LogP contribution in [0.4, 0.5) is 8.78 Å². The van der Waals surface area contributed by atoms with Crippen molar-refractivity contribution in [1.29, 1.82) is 0 Å². The second-order valence-electron chi connectivity index (χ2n) is 7.65. The molecule has 1 fully saturated rings. The fourth-order valence-corrected chi connectivity index (χ4v) is 3.94. The first-order chi connectivity index (χ1) is 13.2. The van der Waals surface area contributed by atoms with Gasteiger partial charge in [-0.25, -0.2) is 8.78 Å². The summed E-state index contributed by atoms with van der Waals surface area (Å²) in [4.78, 5) is 0. The molecule has 2 aromatic rings. The first kappa shape index (κ1) is 19.9. The normalized spacial score (nSPS) is 20.0.